The lowest BCUT2D eigenvalue weighted by molar-refractivity contribution is -0.146. The minimum atomic E-state index is -0.373. The van der Waals surface area contributed by atoms with Gasteiger partial charge in [-0.25, -0.2) is 9.97 Å². The topological polar surface area (TPSA) is 122 Å². The second-order valence-corrected chi connectivity index (χ2v) is 8.50. The molecule has 32 heavy (non-hydrogen) atoms. The number of carbonyl (C=O) groups excluding carboxylic acids is 2. The van der Waals surface area contributed by atoms with Gasteiger partial charge in [0.05, 0.1) is 19.5 Å². The van der Waals surface area contributed by atoms with Crippen LogP contribution in [-0.2, 0) is 31.4 Å². The third-order valence-corrected chi connectivity index (χ3v) is 5.80. The van der Waals surface area contributed by atoms with Gasteiger partial charge in [-0.1, -0.05) is 41.6 Å². The summed E-state index contributed by atoms with van der Waals surface area (Å²) in [6.07, 6.45) is 2.30. The Morgan fingerprint density at radius 1 is 1.09 bits per heavy atom. The molecule has 0 bridgehead atoms. The zero-order chi connectivity index (χ0) is 23.1. The maximum Gasteiger partial charge on any atom is 0.302 e. The summed E-state index contributed by atoms with van der Waals surface area (Å²) in [6.45, 7) is 5.64. The average molecular weight is 458 g/mol. The number of esters is 2. The van der Waals surface area contributed by atoms with Gasteiger partial charge >= 0.3 is 11.9 Å². The number of nitrogens with two attached hydrogens (primary N) is 1. The molecular formula is C22H27N5O4S. The molecule has 0 atom stereocenters. The van der Waals surface area contributed by atoms with Crippen LogP contribution >= 0.6 is 11.8 Å². The fourth-order valence-electron chi connectivity index (χ4n) is 3.04. The SMILES string of the molecule is CC(=O)OCC(CCn1cnc2c(SCc3ccc(C)cc3)nc(N)nc21)COC(C)=O. The van der Waals surface area contributed by atoms with Gasteiger partial charge in [-0.3, -0.25) is 9.59 Å². The molecule has 0 fully saturated rings. The largest absolute Gasteiger partial charge is 0.465 e. The van der Waals surface area contributed by atoms with E-state index in [2.05, 4.69) is 46.1 Å². The molecule has 0 saturated heterocycles. The Kier molecular flexibility index (Phi) is 8.04. The zero-order valence-electron chi connectivity index (χ0n) is 18.4. The number of aryl methyl sites for hydroxylation is 2. The predicted molar refractivity (Wildman–Crippen MR) is 122 cm³/mol. The predicted octanol–water partition coefficient (Wildman–Crippen LogP) is 3.14. The molecule has 1 aromatic carbocycles. The van der Waals surface area contributed by atoms with Crippen molar-refractivity contribution in [2.24, 2.45) is 5.92 Å². The van der Waals surface area contributed by atoms with Crippen LogP contribution in [0.25, 0.3) is 11.2 Å². The standard InChI is InChI=1S/C22H27N5O4S/c1-14-4-6-17(7-5-14)12-32-21-19-20(25-22(23)26-21)27(13-24-19)9-8-18(10-30-15(2)28)11-31-16(3)29/h4-7,13,18H,8-12H2,1-3H3,(H2,23,25,26). The summed E-state index contributed by atoms with van der Waals surface area (Å²) in [4.78, 5) is 35.6. The molecule has 3 rings (SSSR count). The summed E-state index contributed by atoms with van der Waals surface area (Å²) in [6, 6.07) is 8.34. The summed E-state index contributed by atoms with van der Waals surface area (Å²) in [5, 5.41) is 0.725. The lowest BCUT2D eigenvalue weighted by atomic mass is 10.1. The third kappa shape index (κ3) is 6.68. The van der Waals surface area contributed by atoms with Crippen molar-refractivity contribution in [3.05, 3.63) is 41.7 Å². The smallest absolute Gasteiger partial charge is 0.302 e. The molecule has 10 heteroatoms. The Morgan fingerprint density at radius 3 is 2.38 bits per heavy atom. The van der Waals surface area contributed by atoms with Crippen LogP contribution in [0, 0.1) is 12.8 Å². The van der Waals surface area contributed by atoms with Gasteiger partial charge < -0.3 is 19.8 Å². The molecule has 0 aliphatic carbocycles. The van der Waals surface area contributed by atoms with Gasteiger partial charge in [-0.2, -0.15) is 4.98 Å². The van der Waals surface area contributed by atoms with Crippen LogP contribution in [0.2, 0.25) is 0 Å². The molecule has 0 aliphatic heterocycles. The second-order valence-electron chi connectivity index (χ2n) is 7.53. The van der Waals surface area contributed by atoms with Crippen LogP contribution in [0.4, 0.5) is 5.95 Å². The van der Waals surface area contributed by atoms with Gasteiger partial charge in [-0.15, -0.1) is 0 Å². The van der Waals surface area contributed by atoms with Crippen LogP contribution in [0.5, 0.6) is 0 Å². The number of nitrogens with zero attached hydrogens (tertiary/aromatic N) is 4. The van der Waals surface area contributed by atoms with Crippen molar-refractivity contribution in [2.75, 3.05) is 18.9 Å². The molecule has 0 spiro atoms. The van der Waals surface area contributed by atoms with Gasteiger partial charge in [-0.05, 0) is 18.9 Å². The van der Waals surface area contributed by atoms with Gasteiger partial charge in [0.15, 0.2) is 5.65 Å². The van der Waals surface area contributed by atoms with E-state index in [1.165, 1.54) is 25.0 Å². The monoisotopic (exact) mass is 457 g/mol. The molecule has 9 nitrogen and oxygen atoms in total. The minimum Gasteiger partial charge on any atom is -0.465 e. The van der Waals surface area contributed by atoms with Gasteiger partial charge in [0, 0.05) is 32.1 Å². The van der Waals surface area contributed by atoms with Crippen molar-refractivity contribution in [1.82, 2.24) is 19.5 Å². The van der Waals surface area contributed by atoms with E-state index in [1.54, 1.807) is 18.1 Å². The van der Waals surface area contributed by atoms with Crippen LogP contribution in [0.3, 0.4) is 0 Å². The Labute approximate surface area is 190 Å². The molecule has 170 valence electrons. The Morgan fingerprint density at radius 2 is 1.75 bits per heavy atom. The molecular weight excluding hydrogens is 430 g/mol. The summed E-state index contributed by atoms with van der Waals surface area (Å²) in [5.74, 6) is 0.0334. The first kappa shape index (κ1) is 23.5. The van der Waals surface area contributed by atoms with E-state index in [0.29, 0.717) is 24.1 Å². The molecule has 0 unspecified atom stereocenters. The van der Waals surface area contributed by atoms with Crippen molar-refractivity contribution in [2.45, 2.75) is 44.5 Å². The fourth-order valence-corrected chi connectivity index (χ4v) is 3.98. The number of nitrogen functional groups attached to an aromatic ring is 1. The lowest BCUT2D eigenvalue weighted by Gasteiger charge is -2.16. The summed E-state index contributed by atoms with van der Waals surface area (Å²) >= 11 is 1.56. The third-order valence-electron chi connectivity index (χ3n) is 4.77. The summed E-state index contributed by atoms with van der Waals surface area (Å²) in [7, 11) is 0. The summed E-state index contributed by atoms with van der Waals surface area (Å²) in [5.41, 5.74) is 9.70. The number of hydrogen-bond acceptors (Lipinski definition) is 9. The highest BCUT2D eigenvalue weighted by atomic mass is 32.2. The number of carbonyl (C=O) groups is 2. The van der Waals surface area contributed by atoms with E-state index in [0.717, 1.165) is 10.8 Å². The van der Waals surface area contributed by atoms with E-state index in [9.17, 15) is 9.59 Å². The van der Waals surface area contributed by atoms with Gasteiger partial charge in [0.2, 0.25) is 5.95 Å². The molecule has 0 saturated carbocycles. The first-order valence-electron chi connectivity index (χ1n) is 10.2. The quantitative estimate of drug-likeness (QED) is 0.278. The number of imidazole rings is 1. The van der Waals surface area contributed by atoms with Gasteiger partial charge in [0.1, 0.15) is 10.5 Å². The van der Waals surface area contributed by atoms with E-state index in [-0.39, 0.29) is 37.0 Å². The van der Waals surface area contributed by atoms with Crippen molar-refractivity contribution in [1.29, 1.82) is 0 Å². The molecule has 0 radical (unpaired) electrons. The highest BCUT2D eigenvalue weighted by Gasteiger charge is 2.17. The van der Waals surface area contributed by atoms with Crippen molar-refractivity contribution >= 4 is 40.8 Å². The second kappa shape index (κ2) is 10.9. The molecule has 0 aliphatic rings. The maximum absolute atomic E-state index is 11.2. The number of anilines is 1. The molecule has 2 N–H and O–H groups in total. The van der Waals surface area contributed by atoms with Crippen LogP contribution in [0.1, 0.15) is 31.4 Å². The number of ether oxygens (including phenoxy) is 2. The van der Waals surface area contributed by atoms with E-state index in [1.807, 2.05) is 4.57 Å². The lowest BCUT2D eigenvalue weighted by Crippen LogP contribution is -2.21. The number of hydrogen-bond donors (Lipinski definition) is 1. The number of aromatic nitrogens is 4. The average Bonchev–Trinajstić information content (AvgIpc) is 3.15. The maximum atomic E-state index is 11.2. The number of fused-ring (bicyclic) bond motifs is 1. The molecule has 3 aromatic rings. The highest BCUT2D eigenvalue weighted by molar-refractivity contribution is 7.98. The molecule has 2 aromatic heterocycles. The fraction of sp³-hybridized carbons (Fsp3) is 0.409. The van der Waals surface area contributed by atoms with Gasteiger partial charge in [0.25, 0.3) is 0 Å². The minimum absolute atomic E-state index is 0.144. The first-order chi connectivity index (χ1) is 15.3. The molecule has 0 amide bonds. The Balaban J connectivity index is 1.72. The number of rotatable bonds is 10. The van der Waals surface area contributed by atoms with E-state index < -0.39 is 0 Å². The normalized spacial score (nSPS) is 11.1. The van der Waals surface area contributed by atoms with Crippen LogP contribution in [0.15, 0.2) is 35.6 Å². The number of thioether (sulfide) groups is 1. The highest BCUT2D eigenvalue weighted by Crippen LogP contribution is 2.28. The van der Waals surface area contributed by atoms with Crippen LogP contribution in [-0.4, -0.2) is 44.7 Å². The summed E-state index contributed by atoms with van der Waals surface area (Å²) < 4.78 is 12.1. The Hall–Kier alpha value is -3.14. The first-order valence-corrected chi connectivity index (χ1v) is 11.2. The molecule has 2 heterocycles. The van der Waals surface area contributed by atoms with Crippen molar-refractivity contribution in [3.8, 4) is 0 Å². The Bertz CT molecular complexity index is 1070. The van der Waals surface area contributed by atoms with Crippen LogP contribution < -0.4 is 5.73 Å². The van der Waals surface area contributed by atoms with Crippen molar-refractivity contribution in [3.63, 3.8) is 0 Å². The number of benzene rings is 1. The zero-order valence-corrected chi connectivity index (χ0v) is 19.2. The van der Waals surface area contributed by atoms with E-state index in [4.69, 9.17) is 15.2 Å². The van der Waals surface area contributed by atoms with Crippen molar-refractivity contribution < 1.29 is 19.1 Å². The van der Waals surface area contributed by atoms with E-state index >= 15 is 0 Å².